The van der Waals surface area contributed by atoms with Crippen molar-refractivity contribution in [1.29, 1.82) is 0 Å². The minimum absolute atomic E-state index is 0.127. The average molecular weight is 284 g/mol. The van der Waals surface area contributed by atoms with Crippen molar-refractivity contribution < 1.29 is 23.1 Å². The molecule has 0 aromatic carbocycles. The zero-order valence-electron chi connectivity index (χ0n) is 7.18. The van der Waals surface area contributed by atoms with Gasteiger partial charge in [0.1, 0.15) is 0 Å². The molecule has 1 rings (SSSR count). The first-order valence-electron chi connectivity index (χ1n) is 3.75. The highest BCUT2D eigenvalue weighted by molar-refractivity contribution is 9.10. The first-order valence-corrected chi connectivity index (χ1v) is 4.54. The predicted molar refractivity (Wildman–Crippen MR) is 48.3 cm³/mol. The molecule has 0 bridgehead atoms. The highest BCUT2D eigenvalue weighted by Crippen LogP contribution is 2.33. The molecule has 15 heavy (non-hydrogen) atoms. The number of nitrogens with zero attached hydrogens (tertiary/aromatic N) is 1. The van der Waals surface area contributed by atoms with Crippen LogP contribution in [0.1, 0.15) is 11.4 Å². The van der Waals surface area contributed by atoms with Crippen molar-refractivity contribution in [3.8, 4) is 0 Å². The average Bonchev–Trinajstić information content (AvgIpc) is 2.05. The number of carbonyl (C=O) groups is 1. The normalized spacial score (nSPS) is 11.5. The smallest absolute Gasteiger partial charge is 0.434 e. The van der Waals surface area contributed by atoms with E-state index in [0.717, 1.165) is 6.07 Å². The van der Waals surface area contributed by atoms with Crippen LogP contribution in [-0.4, -0.2) is 16.1 Å². The number of alkyl halides is 3. The number of hydrogen-bond acceptors (Lipinski definition) is 2. The minimum Gasteiger partial charge on any atom is -0.481 e. The lowest BCUT2D eigenvalue weighted by atomic mass is 10.2. The Hall–Kier alpha value is -1.11. The van der Waals surface area contributed by atoms with E-state index < -0.39 is 24.3 Å². The molecule has 0 aliphatic heterocycles. The number of carboxylic acid groups (broad SMARTS) is 1. The van der Waals surface area contributed by atoms with Crippen LogP contribution >= 0.6 is 15.9 Å². The second kappa shape index (κ2) is 4.18. The summed E-state index contributed by atoms with van der Waals surface area (Å²) in [6.45, 7) is 0. The first kappa shape index (κ1) is 12.0. The molecular formula is C8H5BrF3NO2. The highest BCUT2D eigenvalue weighted by atomic mass is 79.9. The topological polar surface area (TPSA) is 50.2 Å². The van der Waals surface area contributed by atoms with E-state index in [4.69, 9.17) is 5.11 Å². The maximum Gasteiger partial charge on any atom is 0.434 e. The summed E-state index contributed by atoms with van der Waals surface area (Å²) in [6.07, 6.45) is -5.12. The largest absolute Gasteiger partial charge is 0.481 e. The van der Waals surface area contributed by atoms with Gasteiger partial charge in [-0.15, -0.1) is 0 Å². The highest BCUT2D eigenvalue weighted by Gasteiger charge is 2.35. The third-order valence-electron chi connectivity index (χ3n) is 1.50. The fourth-order valence-corrected chi connectivity index (χ4v) is 1.38. The van der Waals surface area contributed by atoms with Crippen LogP contribution in [0, 0.1) is 0 Å². The Morgan fingerprint density at radius 3 is 2.53 bits per heavy atom. The molecule has 0 amide bonds. The van der Waals surface area contributed by atoms with Gasteiger partial charge >= 0.3 is 12.1 Å². The van der Waals surface area contributed by atoms with E-state index >= 15 is 0 Å². The molecule has 1 aromatic heterocycles. The number of aliphatic carboxylic acids is 1. The SMILES string of the molecule is O=C(O)Cc1ccc(Br)c(C(F)(F)F)n1. The summed E-state index contributed by atoms with van der Waals surface area (Å²) < 4.78 is 36.8. The Kier molecular flexibility index (Phi) is 3.33. The Morgan fingerprint density at radius 1 is 1.47 bits per heavy atom. The molecule has 1 aromatic rings. The molecule has 3 nitrogen and oxygen atoms in total. The molecule has 0 saturated carbocycles. The van der Waals surface area contributed by atoms with E-state index in [1.54, 1.807) is 0 Å². The van der Waals surface area contributed by atoms with Gasteiger partial charge in [0, 0.05) is 4.47 Å². The van der Waals surface area contributed by atoms with Gasteiger partial charge in [-0.3, -0.25) is 4.79 Å². The summed E-state index contributed by atoms with van der Waals surface area (Å²) in [5, 5.41) is 8.40. The van der Waals surface area contributed by atoms with Crippen molar-refractivity contribution in [2.24, 2.45) is 0 Å². The van der Waals surface area contributed by atoms with Crippen LogP contribution in [0.25, 0.3) is 0 Å². The number of aromatic nitrogens is 1. The molecule has 0 aliphatic rings. The first-order chi connectivity index (χ1) is 6.80. The van der Waals surface area contributed by atoms with Crippen molar-refractivity contribution in [1.82, 2.24) is 4.98 Å². The van der Waals surface area contributed by atoms with Gasteiger partial charge in [0.25, 0.3) is 0 Å². The van der Waals surface area contributed by atoms with Gasteiger partial charge in [-0.25, -0.2) is 4.98 Å². The van der Waals surface area contributed by atoms with Crippen LogP contribution in [0.15, 0.2) is 16.6 Å². The lowest BCUT2D eigenvalue weighted by molar-refractivity contribution is -0.142. The van der Waals surface area contributed by atoms with Gasteiger partial charge in [0.2, 0.25) is 0 Å². The summed E-state index contributed by atoms with van der Waals surface area (Å²) in [5.74, 6) is -1.22. The molecule has 1 N–H and O–H groups in total. The third-order valence-corrected chi connectivity index (χ3v) is 2.14. The molecule has 0 atom stereocenters. The minimum atomic E-state index is -4.59. The molecule has 0 spiro atoms. The summed E-state index contributed by atoms with van der Waals surface area (Å²) >= 11 is 2.70. The zero-order chi connectivity index (χ0) is 11.6. The standard InChI is InChI=1S/C8H5BrF3NO2/c9-5-2-1-4(3-6(14)15)13-7(5)8(10,11)12/h1-2H,3H2,(H,14,15). The van der Waals surface area contributed by atoms with E-state index in [0.29, 0.717) is 0 Å². The van der Waals surface area contributed by atoms with Crippen molar-refractivity contribution in [3.63, 3.8) is 0 Å². The fraction of sp³-hybridized carbons (Fsp3) is 0.250. The maximum absolute atomic E-state index is 12.3. The van der Waals surface area contributed by atoms with Crippen LogP contribution < -0.4 is 0 Å². The lowest BCUT2D eigenvalue weighted by Crippen LogP contribution is -2.12. The molecule has 0 saturated heterocycles. The Bertz CT molecular complexity index is 392. The van der Waals surface area contributed by atoms with Crippen LogP contribution in [0.4, 0.5) is 13.2 Å². The second-order valence-electron chi connectivity index (χ2n) is 2.70. The molecule has 0 radical (unpaired) electrons. The van der Waals surface area contributed by atoms with Gasteiger partial charge in [0.05, 0.1) is 12.1 Å². The molecule has 1 heterocycles. The third kappa shape index (κ3) is 3.19. The van der Waals surface area contributed by atoms with Crippen molar-refractivity contribution in [2.75, 3.05) is 0 Å². The Morgan fingerprint density at radius 2 is 2.07 bits per heavy atom. The van der Waals surface area contributed by atoms with Gasteiger partial charge in [0.15, 0.2) is 5.69 Å². The van der Waals surface area contributed by atoms with Gasteiger partial charge < -0.3 is 5.11 Å². The van der Waals surface area contributed by atoms with E-state index in [1.165, 1.54) is 6.07 Å². The Balaban J connectivity index is 3.11. The molecule has 0 fully saturated rings. The van der Waals surface area contributed by atoms with Gasteiger partial charge in [-0.2, -0.15) is 13.2 Å². The maximum atomic E-state index is 12.3. The lowest BCUT2D eigenvalue weighted by Gasteiger charge is -2.08. The predicted octanol–water partition coefficient (Wildman–Crippen LogP) is 2.49. The zero-order valence-corrected chi connectivity index (χ0v) is 8.76. The molecule has 0 aliphatic carbocycles. The summed E-state index contributed by atoms with van der Waals surface area (Å²) in [6, 6.07) is 2.36. The van der Waals surface area contributed by atoms with Gasteiger partial charge in [-0.1, -0.05) is 0 Å². The van der Waals surface area contributed by atoms with Crippen LogP contribution in [0.2, 0.25) is 0 Å². The van der Waals surface area contributed by atoms with Crippen molar-refractivity contribution in [2.45, 2.75) is 12.6 Å². The van der Waals surface area contributed by atoms with Crippen molar-refractivity contribution >= 4 is 21.9 Å². The number of halogens is 4. The second-order valence-corrected chi connectivity index (χ2v) is 3.56. The van der Waals surface area contributed by atoms with Gasteiger partial charge in [-0.05, 0) is 28.1 Å². The quantitative estimate of drug-likeness (QED) is 0.907. The number of pyridine rings is 1. The molecule has 7 heteroatoms. The van der Waals surface area contributed by atoms with E-state index in [1.807, 2.05) is 0 Å². The molecule has 0 unspecified atom stereocenters. The van der Waals surface area contributed by atoms with E-state index in [-0.39, 0.29) is 10.2 Å². The fourth-order valence-electron chi connectivity index (χ4n) is 0.935. The van der Waals surface area contributed by atoms with Crippen molar-refractivity contribution in [3.05, 3.63) is 28.0 Å². The number of rotatable bonds is 2. The number of carboxylic acids is 1. The Labute approximate surface area is 91.1 Å². The van der Waals surface area contributed by atoms with Crippen LogP contribution in [0.3, 0.4) is 0 Å². The van der Waals surface area contributed by atoms with E-state index in [9.17, 15) is 18.0 Å². The monoisotopic (exact) mass is 283 g/mol. The van der Waals surface area contributed by atoms with Crippen LogP contribution in [0.5, 0.6) is 0 Å². The summed E-state index contributed by atoms with van der Waals surface area (Å²) in [4.78, 5) is 13.5. The summed E-state index contributed by atoms with van der Waals surface area (Å²) in [5.41, 5.74) is -1.24. The van der Waals surface area contributed by atoms with E-state index in [2.05, 4.69) is 20.9 Å². The summed E-state index contributed by atoms with van der Waals surface area (Å²) in [7, 11) is 0. The number of hydrogen-bond donors (Lipinski definition) is 1. The molecule has 82 valence electrons. The van der Waals surface area contributed by atoms with Crippen LogP contribution in [-0.2, 0) is 17.4 Å². The molecular weight excluding hydrogens is 279 g/mol.